The Morgan fingerprint density at radius 3 is 2.51 bits per heavy atom. The predicted octanol–water partition coefficient (Wildman–Crippen LogP) is 5.23. The zero-order valence-corrected chi connectivity index (χ0v) is 26.7. The Bertz CT molecular complexity index is 1200. The highest BCUT2D eigenvalue weighted by molar-refractivity contribution is 5.81. The first kappa shape index (κ1) is 33.3. The lowest BCUT2D eigenvalue weighted by Crippen LogP contribution is -2.47. The molecule has 9 heteroatoms. The van der Waals surface area contributed by atoms with Gasteiger partial charge in [-0.05, 0) is 91.2 Å². The normalized spacial score (nSPS) is 20.7. The molecule has 0 bridgehead atoms. The fourth-order valence-corrected chi connectivity index (χ4v) is 6.89. The van der Waals surface area contributed by atoms with Gasteiger partial charge >= 0.3 is 6.09 Å². The van der Waals surface area contributed by atoms with Crippen LogP contribution in [0.3, 0.4) is 0 Å². The van der Waals surface area contributed by atoms with Crippen LogP contribution in [0.1, 0.15) is 71.8 Å². The summed E-state index contributed by atoms with van der Waals surface area (Å²) < 4.78 is 13.0. The molecule has 4 unspecified atom stereocenters. The second-order valence-corrected chi connectivity index (χ2v) is 13.6. The minimum absolute atomic E-state index is 0.0114. The summed E-state index contributed by atoms with van der Waals surface area (Å²) in [5.74, 6) is -0.0383. The molecule has 1 spiro atoms. The van der Waals surface area contributed by atoms with Gasteiger partial charge < -0.3 is 34.9 Å². The summed E-state index contributed by atoms with van der Waals surface area (Å²) in [6, 6.07) is 8.14. The third-order valence-electron chi connectivity index (χ3n) is 9.99. The van der Waals surface area contributed by atoms with Crippen LogP contribution in [0.4, 0.5) is 4.79 Å². The van der Waals surface area contributed by atoms with E-state index in [1.54, 1.807) is 7.11 Å². The molecular weight excluding hydrogens is 546 g/mol. The van der Waals surface area contributed by atoms with Crippen molar-refractivity contribution in [3.8, 4) is 0 Å². The van der Waals surface area contributed by atoms with Crippen molar-refractivity contribution in [3.05, 3.63) is 36.0 Å². The van der Waals surface area contributed by atoms with Crippen LogP contribution in [0, 0.1) is 29.1 Å². The monoisotopic (exact) mass is 599 g/mol. The van der Waals surface area contributed by atoms with E-state index in [0.717, 1.165) is 51.9 Å². The first-order valence-corrected chi connectivity index (χ1v) is 16.2. The molecule has 1 saturated heterocycles. The van der Waals surface area contributed by atoms with E-state index in [0.29, 0.717) is 13.0 Å². The van der Waals surface area contributed by atoms with Gasteiger partial charge in [-0.25, -0.2) is 4.79 Å². The number of carbonyl (C=O) groups excluding carboxylic acids is 1. The molecule has 2 amide bonds. The molecule has 5 atom stereocenters. The summed E-state index contributed by atoms with van der Waals surface area (Å²) in [7, 11) is 1.72. The third-order valence-corrected chi connectivity index (χ3v) is 9.99. The number of nitrogens with one attached hydrogen (secondary N) is 2. The van der Waals surface area contributed by atoms with Gasteiger partial charge in [0, 0.05) is 57.1 Å². The van der Waals surface area contributed by atoms with Crippen LogP contribution in [0.2, 0.25) is 0 Å². The first-order chi connectivity index (χ1) is 20.5. The van der Waals surface area contributed by atoms with Crippen LogP contribution < -0.4 is 10.6 Å². The number of amides is 2. The van der Waals surface area contributed by atoms with Gasteiger partial charge in [0.15, 0.2) is 0 Å². The van der Waals surface area contributed by atoms with Crippen LogP contribution >= 0.6 is 0 Å². The molecule has 4 N–H and O–H groups in total. The Labute approximate surface area is 256 Å². The van der Waals surface area contributed by atoms with E-state index in [-0.39, 0.29) is 41.5 Å². The number of rotatable bonds is 16. The van der Waals surface area contributed by atoms with Gasteiger partial charge in [0.2, 0.25) is 5.91 Å². The maximum atomic E-state index is 13.4. The highest BCUT2D eigenvalue weighted by Crippen LogP contribution is 2.53. The van der Waals surface area contributed by atoms with Crippen molar-refractivity contribution in [2.45, 2.75) is 97.4 Å². The second kappa shape index (κ2) is 14.9. The van der Waals surface area contributed by atoms with Crippen molar-refractivity contribution in [2.75, 3.05) is 26.9 Å². The smallest absolute Gasteiger partial charge is 0.404 e. The molecule has 240 valence electrons. The summed E-state index contributed by atoms with van der Waals surface area (Å²) in [6.07, 6.45) is 5.30. The minimum atomic E-state index is -1.16. The molecule has 2 aromatic rings. The number of aromatic nitrogens is 1. The third kappa shape index (κ3) is 8.73. The minimum Gasteiger partial charge on any atom is -0.465 e. The van der Waals surface area contributed by atoms with Crippen molar-refractivity contribution in [2.24, 2.45) is 29.1 Å². The van der Waals surface area contributed by atoms with Crippen molar-refractivity contribution in [3.63, 3.8) is 0 Å². The van der Waals surface area contributed by atoms with Gasteiger partial charge in [-0.3, -0.25) is 4.79 Å². The number of aryl methyl sites for hydroxylation is 1. The molecular formula is C34H53N3O6. The SMILES string of the molecule is COCCCn1ccc2ccc(CC(CC(NC(=O)O)C(O)CC(C(=O)N[C@@H]3CC34CCOCC4)C(C)C)C(C)C)cc21. The maximum Gasteiger partial charge on any atom is 0.404 e. The second-order valence-electron chi connectivity index (χ2n) is 13.6. The Morgan fingerprint density at radius 2 is 1.86 bits per heavy atom. The number of aliphatic hydroxyl groups is 1. The molecule has 1 aromatic carbocycles. The summed E-state index contributed by atoms with van der Waals surface area (Å²) in [5, 5.41) is 28.2. The summed E-state index contributed by atoms with van der Waals surface area (Å²) in [6.45, 7) is 11.4. The van der Waals surface area contributed by atoms with Gasteiger partial charge in [0.1, 0.15) is 0 Å². The van der Waals surface area contributed by atoms with Gasteiger partial charge in [-0.1, -0.05) is 39.8 Å². The Hall–Kier alpha value is -2.62. The van der Waals surface area contributed by atoms with Gasteiger partial charge in [-0.2, -0.15) is 0 Å². The summed E-state index contributed by atoms with van der Waals surface area (Å²) in [5.41, 5.74) is 2.54. The molecule has 2 fully saturated rings. The largest absolute Gasteiger partial charge is 0.465 e. The topological polar surface area (TPSA) is 122 Å². The van der Waals surface area contributed by atoms with E-state index in [2.05, 4.69) is 59.5 Å². The predicted molar refractivity (Wildman–Crippen MR) is 168 cm³/mol. The average molecular weight is 600 g/mol. The number of benzene rings is 1. The standard InChI is InChI=1S/C34H53N3O6/c1-22(2)26(17-24-7-8-25-9-13-37(29(25)18-24)12-6-14-42-5)19-28(35-33(40)41)30(38)20-27(23(3)4)32(39)36-31-21-34(31)10-15-43-16-11-34/h7-9,13,18,22-23,26-28,30-31,35,38H,6,10-12,14-17,19-21H2,1-5H3,(H,36,39)(H,40,41)/t26?,27?,28?,30?,31-/m1/s1. The molecule has 2 heterocycles. The molecule has 9 nitrogen and oxygen atoms in total. The van der Waals surface area contributed by atoms with E-state index < -0.39 is 24.2 Å². The Balaban J connectivity index is 1.43. The van der Waals surface area contributed by atoms with E-state index in [1.807, 2.05) is 13.8 Å². The van der Waals surface area contributed by atoms with Crippen LogP contribution in [0.15, 0.2) is 30.5 Å². The molecule has 1 saturated carbocycles. The van der Waals surface area contributed by atoms with Gasteiger partial charge in [0.25, 0.3) is 0 Å². The highest BCUT2D eigenvalue weighted by Gasteiger charge is 2.55. The first-order valence-electron chi connectivity index (χ1n) is 16.2. The van der Waals surface area contributed by atoms with Crippen molar-refractivity contribution >= 4 is 22.9 Å². The van der Waals surface area contributed by atoms with Crippen LogP contribution in [-0.2, 0) is 27.2 Å². The quantitative estimate of drug-likeness (QED) is 0.196. The molecule has 1 aliphatic heterocycles. The number of hydrogen-bond donors (Lipinski definition) is 4. The lowest BCUT2D eigenvalue weighted by atomic mass is 9.80. The van der Waals surface area contributed by atoms with Crippen molar-refractivity contribution in [1.82, 2.24) is 15.2 Å². The van der Waals surface area contributed by atoms with E-state index >= 15 is 0 Å². The Kier molecular flexibility index (Phi) is 11.5. The summed E-state index contributed by atoms with van der Waals surface area (Å²) >= 11 is 0. The number of nitrogens with zero attached hydrogens (tertiary/aromatic N) is 1. The van der Waals surface area contributed by atoms with E-state index in [9.17, 15) is 19.8 Å². The average Bonchev–Trinajstić information content (AvgIpc) is 3.43. The number of carboxylic acid groups (broad SMARTS) is 1. The van der Waals surface area contributed by atoms with Gasteiger partial charge in [0.05, 0.1) is 12.1 Å². The van der Waals surface area contributed by atoms with Gasteiger partial charge in [-0.15, -0.1) is 0 Å². The number of methoxy groups -OCH3 is 1. The zero-order valence-electron chi connectivity index (χ0n) is 26.7. The molecule has 43 heavy (non-hydrogen) atoms. The lowest BCUT2D eigenvalue weighted by molar-refractivity contribution is -0.128. The lowest BCUT2D eigenvalue weighted by Gasteiger charge is -2.32. The fourth-order valence-electron chi connectivity index (χ4n) is 6.89. The van der Waals surface area contributed by atoms with Crippen LogP contribution in [0.25, 0.3) is 10.9 Å². The highest BCUT2D eigenvalue weighted by atomic mass is 16.5. The number of aliphatic hydroxyl groups excluding tert-OH is 1. The van der Waals surface area contributed by atoms with Crippen LogP contribution in [-0.4, -0.2) is 71.9 Å². The number of hydrogen-bond acceptors (Lipinski definition) is 5. The van der Waals surface area contributed by atoms with Crippen molar-refractivity contribution in [1.29, 1.82) is 0 Å². The van der Waals surface area contributed by atoms with Crippen LogP contribution in [0.5, 0.6) is 0 Å². The van der Waals surface area contributed by atoms with Crippen molar-refractivity contribution < 1.29 is 29.3 Å². The van der Waals surface area contributed by atoms with E-state index in [1.165, 1.54) is 16.5 Å². The molecule has 0 radical (unpaired) electrons. The molecule has 1 aliphatic carbocycles. The molecule has 2 aliphatic rings. The number of carbonyl (C=O) groups is 2. The summed E-state index contributed by atoms with van der Waals surface area (Å²) in [4.78, 5) is 25.3. The Morgan fingerprint density at radius 1 is 1.12 bits per heavy atom. The fraction of sp³-hybridized carbons (Fsp3) is 0.706. The maximum absolute atomic E-state index is 13.4. The molecule has 4 rings (SSSR count). The number of fused-ring (bicyclic) bond motifs is 1. The number of ether oxygens (including phenoxy) is 2. The van der Waals surface area contributed by atoms with E-state index in [4.69, 9.17) is 9.47 Å². The molecule has 1 aromatic heterocycles. The zero-order chi connectivity index (χ0) is 31.1.